The van der Waals surface area contributed by atoms with E-state index in [2.05, 4.69) is 4.90 Å². The second kappa shape index (κ2) is 4.17. The molecule has 0 aromatic carbocycles. The van der Waals surface area contributed by atoms with Crippen LogP contribution in [0.2, 0.25) is 0 Å². The molecule has 0 spiro atoms. The first kappa shape index (κ1) is 10.4. The van der Waals surface area contributed by atoms with Crippen LogP contribution in [0.4, 0.5) is 0 Å². The highest BCUT2D eigenvalue weighted by Gasteiger charge is 2.38. The van der Waals surface area contributed by atoms with Gasteiger partial charge in [0.15, 0.2) is 0 Å². The molecule has 3 heteroatoms. The lowest BCUT2D eigenvalue weighted by Gasteiger charge is -2.29. The lowest BCUT2D eigenvalue weighted by Crippen LogP contribution is -2.38. The monoisotopic (exact) mass is 198 g/mol. The van der Waals surface area contributed by atoms with Gasteiger partial charge in [-0.25, -0.2) is 0 Å². The van der Waals surface area contributed by atoms with Crippen LogP contribution in [0.15, 0.2) is 0 Å². The highest BCUT2D eigenvalue weighted by atomic mass is 16.3. The number of hydrogen-bond donors (Lipinski definition) is 2. The van der Waals surface area contributed by atoms with Gasteiger partial charge in [-0.2, -0.15) is 0 Å². The van der Waals surface area contributed by atoms with E-state index in [1.807, 2.05) is 6.92 Å². The van der Waals surface area contributed by atoms with Gasteiger partial charge in [0.05, 0.1) is 6.10 Å². The predicted molar refractivity (Wildman–Crippen MR) is 56.9 cm³/mol. The minimum Gasteiger partial charge on any atom is -0.392 e. The molecule has 1 heterocycles. The number of likely N-dealkylation sites (tertiary alicyclic amines) is 1. The Hall–Kier alpha value is -0.120. The van der Waals surface area contributed by atoms with E-state index in [0.717, 1.165) is 25.6 Å². The Morgan fingerprint density at radius 2 is 2.21 bits per heavy atom. The summed E-state index contributed by atoms with van der Waals surface area (Å²) in [4.78, 5) is 2.38. The van der Waals surface area contributed by atoms with Crippen LogP contribution >= 0.6 is 0 Å². The smallest absolute Gasteiger partial charge is 0.0639 e. The quantitative estimate of drug-likeness (QED) is 0.676. The summed E-state index contributed by atoms with van der Waals surface area (Å²) in [5.41, 5.74) is 6.12. The molecular formula is C11H22N2O. The van der Waals surface area contributed by atoms with Crippen molar-refractivity contribution in [3.8, 4) is 0 Å². The molecule has 4 unspecified atom stereocenters. The molecule has 2 fully saturated rings. The second-order valence-electron chi connectivity index (χ2n) is 5.09. The van der Waals surface area contributed by atoms with Crippen molar-refractivity contribution in [2.24, 2.45) is 17.6 Å². The largest absolute Gasteiger partial charge is 0.392 e. The highest BCUT2D eigenvalue weighted by molar-refractivity contribution is 4.93. The van der Waals surface area contributed by atoms with Gasteiger partial charge in [-0.3, -0.25) is 0 Å². The van der Waals surface area contributed by atoms with E-state index in [-0.39, 0.29) is 6.10 Å². The maximum atomic E-state index is 9.34. The molecule has 1 aliphatic carbocycles. The Bertz CT molecular complexity index is 196. The van der Waals surface area contributed by atoms with Crippen LogP contribution in [-0.4, -0.2) is 41.8 Å². The van der Waals surface area contributed by atoms with E-state index in [1.54, 1.807) is 0 Å². The SMILES string of the molecule is CC(O)CN1CC2CCCC(N)C2C1. The Balaban J connectivity index is 1.90. The third-order valence-corrected chi connectivity index (χ3v) is 3.75. The van der Waals surface area contributed by atoms with Gasteiger partial charge in [0.1, 0.15) is 0 Å². The second-order valence-corrected chi connectivity index (χ2v) is 5.09. The number of aliphatic hydroxyl groups is 1. The Kier molecular flexibility index (Phi) is 3.10. The number of rotatable bonds is 2. The number of nitrogens with zero attached hydrogens (tertiary/aromatic N) is 1. The lowest BCUT2D eigenvalue weighted by atomic mass is 9.78. The summed E-state index contributed by atoms with van der Waals surface area (Å²) < 4.78 is 0. The summed E-state index contributed by atoms with van der Waals surface area (Å²) in [6.07, 6.45) is 3.63. The molecule has 1 aliphatic heterocycles. The van der Waals surface area contributed by atoms with Crippen molar-refractivity contribution in [1.29, 1.82) is 0 Å². The number of hydrogen-bond acceptors (Lipinski definition) is 3. The summed E-state index contributed by atoms with van der Waals surface area (Å²) in [5.74, 6) is 1.50. The molecule has 4 atom stereocenters. The van der Waals surface area contributed by atoms with Gasteiger partial charge in [0.25, 0.3) is 0 Å². The van der Waals surface area contributed by atoms with Gasteiger partial charge in [-0.05, 0) is 31.6 Å². The zero-order chi connectivity index (χ0) is 10.1. The fraction of sp³-hybridized carbons (Fsp3) is 1.00. The minimum absolute atomic E-state index is 0.202. The highest BCUT2D eigenvalue weighted by Crippen LogP contribution is 2.35. The van der Waals surface area contributed by atoms with Crippen molar-refractivity contribution in [2.45, 2.75) is 38.3 Å². The van der Waals surface area contributed by atoms with E-state index in [0.29, 0.717) is 12.0 Å². The summed E-state index contributed by atoms with van der Waals surface area (Å²) in [6.45, 7) is 4.95. The summed E-state index contributed by atoms with van der Waals surface area (Å²) in [7, 11) is 0. The average Bonchev–Trinajstić information content (AvgIpc) is 2.47. The lowest BCUT2D eigenvalue weighted by molar-refractivity contribution is 0.137. The number of aliphatic hydroxyl groups excluding tert-OH is 1. The normalized spacial score (nSPS) is 40.9. The molecule has 3 N–H and O–H groups in total. The van der Waals surface area contributed by atoms with Crippen molar-refractivity contribution in [1.82, 2.24) is 4.90 Å². The van der Waals surface area contributed by atoms with E-state index in [9.17, 15) is 5.11 Å². The molecule has 0 aromatic rings. The summed E-state index contributed by atoms with van der Waals surface area (Å²) >= 11 is 0. The molecule has 3 nitrogen and oxygen atoms in total. The van der Waals surface area contributed by atoms with Gasteiger partial charge < -0.3 is 15.7 Å². The number of nitrogens with two attached hydrogens (primary N) is 1. The Morgan fingerprint density at radius 1 is 1.43 bits per heavy atom. The van der Waals surface area contributed by atoms with Gasteiger partial charge in [0, 0.05) is 25.7 Å². The van der Waals surface area contributed by atoms with Crippen LogP contribution in [0.3, 0.4) is 0 Å². The predicted octanol–water partition coefficient (Wildman–Crippen LogP) is 0.426. The molecule has 2 rings (SSSR count). The average molecular weight is 198 g/mol. The van der Waals surface area contributed by atoms with Crippen LogP contribution in [0.25, 0.3) is 0 Å². The van der Waals surface area contributed by atoms with E-state index in [1.165, 1.54) is 19.3 Å². The van der Waals surface area contributed by atoms with Crippen LogP contribution in [0.1, 0.15) is 26.2 Å². The van der Waals surface area contributed by atoms with Crippen LogP contribution in [-0.2, 0) is 0 Å². The van der Waals surface area contributed by atoms with Crippen LogP contribution in [0.5, 0.6) is 0 Å². The maximum Gasteiger partial charge on any atom is 0.0639 e. The summed E-state index contributed by atoms with van der Waals surface area (Å²) in [5, 5.41) is 9.34. The fourth-order valence-corrected chi connectivity index (χ4v) is 3.13. The van der Waals surface area contributed by atoms with Crippen molar-refractivity contribution in [2.75, 3.05) is 19.6 Å². The number of β-amino-alcohol motifs (C(OH)–C–C–N with tert-alkyl or cyclic N) is 1. The Morgan fingerprint density at radius 3 is 2.86 bits per heavy atom. The topological polar surface area (TPSA) is 49.5 Å². The number of fused-ring (bicyclic) bond motifs is 1. The standard InChI is InChI=1S/C11H22N2O/c1-8(14)5-13-6-9-3-2-4-11(12)10(9)7-13/h8-11,14H,2-7,12H2,1H3. The molecule has 1 saturated heterocycles. The van der Waals surface area contributed by atoms with Crippen molar-refractivity contribution < 1.29 is 5.11 Å². The molecule has 2 aliphatic rings. The van der Waals surface area contributed by atoms with E-state index >= 15 is 0 Å². The first-order chi connectivity index (χ1) is 6.66. The molecule has 1 saturated carbocycles. The van der Waals surface area contributed by atoms with Crippen molar-refractivity contribution >= 4 is 0 Å². The van der Waals surface area contributed by atoms with Gasteiger partial charge >= 0.3 is 0 Å². The Labute approximate surface area is 86.3 Å². The fourth-order valence-electron chi connectivity index (χ4n) is 3.13. The molecule has 0 aromatic heterocycles. The zero-order valence-corrected chi connectivity index (χ0v) is 9.02. The first-order valence-electron chi connectivity index (χ1n) is 5.83. The molecule has 0 radical (unpaired) electrons. The summed E-state index contributed by atoms with van der Waals surface area (Å²) in [6, 6.07) is 0.410. The van der Waals surface area contributed by atoms with E-state index < -0.39 is 0 Å². The molecule has 0 amide bonds. The van der Waals surface area contributed by atoms with Crippen LogP contribution in [0, 0.1) is 11.8 Å². The third-order valence-electron chi connectivity index (χ3n) is 3.75. The van der Waals surface area contributed by atoms with E-state index in [4.69, 9.17) is 5.73 Å². The van der Waals surface area contributed by atoms with Crippen molar-refractivity contribution in [3.05, 3.63) is 0 Å². The van der Waals surface area contributed by atoms with Crippen LogP contribution < -0.4 is 5.73 Å². The molecule has 0 bridgehead atoms. The molecular weight excluding hydrogens is 176 g/mol. The first-order valence-corrected chi connectivity index (χ1v) is 5.83. The van der Waals surface area contributed by atoms with Gasteiger partial charge in [0.2, 0.25) is 0 Å². The maximum absolute atomic E-state index is 9.34. The minimum atomic E-state index is -0.202. The molecule has 82 valence electrons. The van der Waals surface area contributed by atoms with Gasteiger partial charge in [-0.1, -0.05) is 6.42 Å². The van der Waals surface area contributed by atoms with Gasteiger partial charge in [-0.15, -0.1) is 0 Å². The third kappa shape index (κ3) is 2.10. The van der Waals surface area contributed by atoms with Crippen molar-refractivity contribution in [3.63, 3.8) is 0 Å². The zero-order valence-electron chi connectivity index (χ0n) is 9.02. The molecule has 14 heavy (non-hydrogen) atoms.